The summed E-state index contributed by atoms with van der Waals surface area (Å²) in [6, 6.07) is 11.6. The van der Waals surface area contributed by atoms with Crippen molar-refractivity contribution in [1.29, 1.82) is 0 Å². The monoisotopic (exact) mass is 480 g/mol. The number of methoxy groups -OCH3 is 1. The quantitative estimate of drug-likeness (QED) is 0.319. The van der Waals surface area contributed by atoms with Gasteiger partial charge in [-0.05, 0) is 42.2 Å². The number of benzene rings is 2. The van der Waals surface area contributed by atoms with Gasteiger partial charge >= 0.3 is 0 Å². The molecule has 35 heavy (non-hydrogen) atoms. The summed E-state index contributed by atoms with van der Waals surface area (Å²) in [5.74, 6) is -0.244. The summed E-state index contributed by atoms with van der Waals surface area (Å²) in [7, 11) is 5.61. The van der Waals surface area contributed by atoms with Crippen LogP contribution in [-0.2, 0) is 9.59 Å². The Balaban J connectivity index is 2.08. The Bertz CT molecular complexity index is 1110. The first-order valence-electron chi connectivity index (χ1n) is 12.1. The normalized spacial score (nSPS) is 17.5. The standard InChI is InChI=1S/C28H36N2O5/c1-18(2)17-35-22-13-12-20(16-19(22)3)26(31)24-25(21-10-7-8-11-23(21)34-6)30(28(33)27(24)32)15-9-14-29(4)5/h7-8,10-13,16,18,25,31H,9,14-15,17H2,1-6H3. The highest BCUT2D eigenvalue weighted by atomic mass is 16.5. The zero-order valence-corrected chi connectivity index (χ0v) is 21.5. The molecule has 3 rings (SSSR count). The number of quaternary nitrogens is 1. The highest BCUT2D eigenvalue weighted by molar-refractivity contribution is 6.46. The minimum atomic E-state index is -0.798. The first kappa shape index (κ1) is 26.3. The lowest BCUT2D eigenvalue weighted by atomic mass is 9.94. The molecule has 2 aromatic rings. The van der Waals surface area contributed by atoms with Gasteiger partial charge < -0.3 is 24.4 Å². The number of nitrogens with zero attached hydrogens (tertiary/aromatic N) is 1. The van der Waals surface area contributed by atoms with Gasteiger partial charge in [0, 0.05) is 24.1 Å². The number of aryl methyl sites for hydroxylation is 1. The highest BCUT2D eigenvalue weighted by Gasteiger charge is 2.45. The number of carbonyl (C=O) groups excluding carboxylic acids is 2. The van der Waals surface area contributed by atoms with E-state index in [-0.39, 0.29) is 5.57 Å². The van der Waals surface area contributed by atoms with Gasteiger partial charge in [0.15, 0.2) is 0 Å². The molecule has 1 amide bonds. The van der Waals surface area contributed by atoms with Gasteiger partial charge in [0.1, 0.15) is 11.5 Å². The number of likely N-dealkylation sites (tertiary alicyclic amines) is 1. The molecule has 1 unspecified atom stereocenters. The van der Waals surface area contributed by atoms with Gasteiger partial charge in [-0.3, -0.25) is 9.59 Å². The van der Waals surface area contributed by atoms with Crippen LogP contribution in [0.25, 0.3) is 5.76 Å². The van der Waals surface area contributed by atoms with E-state index < -0.39 is 23.5 Å². The third kappa shape index (κ3) is 5.85. The van der Waals surface area contributed by atoms with Crippen LogP contribution in [0.15, 0.2) is 48.0 Å². The zero-order valence-electron chi connectivity index (χ0n) is 21.5. The maximum Gasteiger partial charge on any atom is 0.295 e. The van der Waals surface area contributed by atoms with Gasteiger partial charge in [0.25, 0.3) is 5.91 Å². The first-order valence-corrected chi connectivity index (χ1v) is 12.1. The summed E-state index contributed by atoms with van der Waals surface area (Å²) in [6.45, 7) is 7.77. The number of amides is 1. The first-order chi connectivity index (χ1) is 16.6. The average molecular weight is 481 g/mol. The van der Waals surface area contributed by atoms with Gasteiger partial charge in [-0.2, -0.15) is 0 Å². The van der Waals surface area contributed by atoms with Crippen LogP contribution in [0.2, 0.25) is 0 Å². The molecule has 2 aromatic carbocycles. The largest absolute Gasteiger partial charge is 0.872 e. The third-order valence-corrected chi connectivity index (χ3v) is 6.05. The Morgan fingerprint density at radius 1 is 1.11 bits per heavy atom. The highest BCUT2D eigenvalue weighted by Crippen LogP contribution is 2.42. The Hall–Kier alpha value is -3.32. The van der Waals surface area contributed by atoms with Crippen LogP contribution in [0, 0.1) is 12.8 Å². The van der Waals surface area contributed by atoms with Gasteiger partial charge in [-0.1, -0.05) is 43.9 Å². The number of ketones is 1. The average Bonchev–Trinajstić information content (AvgIpc) is 3.07. The van der Waals surface area contributed by atoms with E-state index >= 15 is 0 Å². The van der Waals surface area contributed by atoms with Gasteiger partial charge in [-0.25, -0.2) is 0 Å². The van der Waals surface area contributed by atoms with Crippen molar-refractivity contribution in [3.63, 3.8) is 0 Å². The van der Waals surface area contributed by atoms with E-state index in [1.807, 2.05) is 33.2 Å². The van der Waals surface area contributed by atoms with E-state index in [0.717, 1.165) is 12.1 Å². The minimum Gasteiger partial charge on any atom is -0.872 e. The van der Waals surface area contributed by atoms with E-state index in [0.29, 0.717) is 48.1 Å². The number of ether oxygens (including phenoxy) is 2. The Morgan fingerprint density at radius 3 is 2.46 bits per heavy atom. The van der Waals surface area contributed by atoms with E-state index in [1.165, 1.54) is 16.9 Å². The molecule has 1 atom stereocenters. The Morgan fingerprint density at radius 2 is 1.83 bits per heavy atom. The van der Waals surface area contributed by atoms with Crippen molar-refractivity contribution in [2.24, 2.45) is 5.92 Å². The molecule has 0 radical (unpaired) electrons. The molecule has 0 spiro atoms. The Labute approximate surface area is 207 Å². The van der Waals surface area contributed by atoms with Crippen LogP contribution in [0.3, 0.4) is 0 Å². The zero-order chi connectivity index (χ0) is 25.7. The topological polar surface area (TPSA) is 83.3 Å². The number of Topliss-reactive ketones (excluding diaryl/α,β-unsaturated/α-hetero) is 1. The number of nitrogens with one attached hydrogen (secondary N) is 1. The van der Waals surface area contributed by atoms with E-state index in [9.17, 15) is 14.7 Å². The molecule has 7 heteroatoms. The summed E-state index contributed by atoms with van der Waals surface area (Å²) in [4.78, 5) is 29.1. The van der Waals surface area contributed by atoms with Gasteiger partial charge in [0.2, 0.25) is 5.78 Å². The Kier molecular flexibility index (Phi) is 8.57. The van der Waals surface area contributed by atoms with Crippen molar-refractivity contribution in [3.05, 3.63) is 64.7 Å². The fraction of sp³-hybridized carbons (Fsp3) is 0.429. The SMILES string of the molecule is COc1ccccc1C1C(=C([O-])c2ccc(OCC(C)C)c(C)c2)C(=O)C(=O)N1CCC[NH+](C)C. The van der Waals surface area contributed by atoms with E-state index in [1.54, 1.807) is 30.3 Å². The van der Waals surface area contributed by atoms with Crippen molar-refractivity contribution in [3.8, 4) is 11.5 Å². The van der Waals surface area contributed by atoms with Crippen molar-refractivity contribution in [2.75, 3.05) is 40.9 Å². The predicted octanol–water partition coefficient (Wildman–Crippen LogP) is 1.80. The molecule has 188 valence electrons. The maximum atomic E-state index is 13.7. The van der Waals surface area contributed by atoms with Crippen LogP contribution in [0.1, 0.15) is 43.0 Å². The van der Waals surface area contributed by atoms with Gasteiger partial charge in [0.05, 0.1) is 40.4 Å². The summed E-state index contributed by atoms with van der Waals surface area (Å²) in [6.07, 6.45) is 0.704. The lowest BCUT2D eigenvalue weighted by Crippen LogP contribution is -3.05. The molecule has 1 fully saturated rings. The van der Waals surface area contributed by atoms with Crippen LogP contribution < -0.4 is 19.5 Å². The number of carbonyl (C=O) groups is 2. The number of hydrogen-bond acceptors (Lipinski definition) is 5. The van der Waals surface area contributed by atoms with Crippen LogP contribution >= 0.6 is 0 Å². The smallest absolute Gasteiger partial charge is 0.295 e. The molecule has 0 saturated carbocycles. The van der Waals surface area contributed by atoms with Gasteiger partial charge in [-0.15, -0.1) is 0 Å². The molecule has 0 aromatic heterocycles. The summed E-state index contributed by atoms with van der Waals surface area (Å²) < 4.78 is 11.4. The minimum absolute atomic E-state index is 0.0352. The van der Waals surface area contributed by atoms with Crippen LogP contribution in [-0.4, -0.2) is 57.5 Å². The lowest BCUT2D eigenvalue weighted by Gasteiger charge is -2.28. The molecule has 0 bridgehead atoms. The lowest BCUT2D eigenvalue weighted by molar-refractivity contribution is -0.858. The summed E-state index contributed by atoms with van der Waals surface area (Å²) >= 11 is 0. The third-order valence-electron chi connectivity index (χ3n) is 6.05. The second-order valence-corrected chi connectivity index (χ2v) is 9.71. The fourth-order valence-electron chi connectivity index (χ4n) is 4.28. The molecule has 0 aliphatic carbocycles. The summed E-state index contributed by atoms with van der Waals surface area (Å²) in [5, 5.41) is 13.7. The second-order valence-electron chi connectivity index (χ2n) is 9.71. The molecule has 1 saturated heterocycles. The number of para-hydroxylation sites is 1. The molecule has 1 heterocycles. The number of hydrogen-bond donors (Lipinski definition) is 1. The molecule has 7 nitrogen and oxygen atoms in total. The molecular formula is C28H36N2O5. The van der Waals surface area contributed by atoms with Crippen LogP contribution in [0.4, 0.5) is 0 Å². The van der Waals surface area contributed by atoms with E-state index in [4.69, 9.17) is 9.47 Å². The summed E-state index contributed by atoms with van der Waals surface area (Å²) in [5.41, 5.74) is 1.75. The number of rotatable bonds is 10. The molecule has 1 aliphatic heterocycles. The second kappa shape index (κ2) is 11.4. The molecule has 1 N–H and O–H groups in total. The fourth-order valence-corrected chi connectivity index (χ4v) is 4.28. The van der Waals surface area contributed by atoms with Crippen molar-refractivity contribution in [2.45, 2.75) is 33.2 Å². The van der Waals surface area contributed by atoms with E-state index in [2.05, 4.69) is 13.8 Å². The van der Waals surface area contributed by atoms with Crippen molar-refractivity contribution in [1.82, 2.24) is 4.90 Å². The molecule has 1 aliphatic rings. The maximum absolute atomic E-state index is 13.7. The predicted molar refractivity (Wildman–Crippen MR) is 133 cm³/mol. The molecular weight excluding hydrogens is 444 g/mol. The van der Waals surface area contributed by atoms with Crippen molar-refractivity contribution >= 4 is 17.4 Å². The van der Waals surface area contributed by atoms with Crippen molar-refractivity contribution < 1.29 is 29.1 Å². The van der Waals surface area contributed by atoms with Crippen LogP contribution in [0.5, 0.6) is 11.5 Å².